The molecule has 4 aromatic rings. The molecule has 0 bridgehead atoms. The number of rotatable bonds is 6. The Kier molecular flexibility index (Phi) is 6.32. The molecule has 162 valence electrons. The van der Waals surface area contributed by atoms with Crippen molar-refractivity contribution in [2.75, 3.05) is 0 Å². The summed E-state index contributed by atoms with van der Waals surface area (Å²) in [6.07, 6.45) is 1.76. The van der Waals surface area contributed by atoms with Crippen molar-refractivity contribution in [2.45, 2.75) is 32.8 Å². The average Bonchev–Trinajstić information content (AvgIpc) is 3.17. The molecule has 6 heteroatoms. The van der Waals surface area contributed by atoms with Gasteiger partial charge in [-0.15, -0.1) is 0 Å². The van der Waals surface area contributed by atoms with E-state index in [2.05, 4.69) is 60.3 Å². The summed E-state index contributed by atoms with van der Waals surface area (Å²) in [7, 11) is 0. The first-order valence-corrected chi connectivity index (χ1v) is 10.9. The van der Waals surface area contributed by atoms with E-state index >= 15 is 0 Å². The maximum absolute atomic E-state index is 5.92. The van der Waals surface area contributed by atoms with E-state index < -0.39 is 0 Å². The maximum atomic E-state index is 5.92. The molecule has 0 aliphatic carbocycles. The van der Waals surface area contributed by atoms with Crippen LogP contribution in [-0.4, -0.2) is 21.1 Å². The smallest absolute Gasteiger partial charge is 0.216 e. The largest absolute Gasteiger partial charge is 0.489 e. The first-order valence-electron chi connectivity index (χ1n) is 10.5. The highest BCUT2D eigenvalue weighted by Gasteiger charge is 2.14. The molecule has 3 aromatic carbocycles. The van der Waals surface area contributed by atoms with Crippen molar-refractivity contribution in [2.24, 2.45) is 5.10 Å². The van der Waals surface area contributed by atoms with E-state index in [9.17, 15) is 0 Å². The van der Waals surface area contributed by atoms with Crippen LogP contribution in [0.4, 0.5) is 0 Å². The molecule has 1 aromatic heterocycles. The monoisotopic (exact) mass is 442 g/mol. The van der Waals surface area contributed by atoms with Crippen LogP contribution in [0.1, 0.15) is 37.5 Å². The lowest BCUT2D eigenvalue weighted by molar-refractivity contribution is 0.306. The van der Waals surface area contributed by atoms with Crippen molar-refractivity contribution in [3.05, 3.63) is 100 Å². The molecule has 0 radical (unpaired) electrons. The summed E-state index contributed by atoms with van der Waals surface area (Å²) < 4.78 is 7.99. The number of nitrogens with one attached hydrogen (secondary N) is 1. The van der Waals surface area contributed by atoms with Crippen LogP contribution in [-0.2, 0) is 12.0 Å². The van der Waals surface area contributed by atoms with Gasteiger partial charge in [0.05, 0.1) is 6.21 Å². The second-order valence-corrected chi connectivity index (χ2v) is 8.97. The zero-order chi connectivity index (χ0) is 22.6. The van der Waals surface area contributed by atoms with Crippen molar-refractivity contribution >= 4 is 18.4 Å². The van der Waals surface area contributed by atoms with E-state index in [0.29, 0.717) is 17.2 Å². The van der Waals surface area contributed by atoms with Crippen molar-refractivity contribution < 1.29 is 4.74 Å². The lowest BCUT2D eigenvalue weighted by atomic mass is 9.87. The van der Waals surface area contributed by atoms with Gasteiger partial charge >= 0.3 is 0 Å². The number of hydrogen-bond acceptors (Lipinski definition) is 4. The molecule has 0 aliphatic rings. The Morgan fingerprint density at radius 3 is 2.47 bits per heavy atom. The van der Waals surface area contributed by atoms with Gasteiger partial charge < -0.3 is 4.74 Å². The zero-order valence-electron chi connectivity index (χ0n) is 18.4. The Balaban J connectivity index is 1.53. The molecule has 4 rings (SSSR count). The number of hydrogen-bond donors (Lipinski definition) is 1. The van der Waals surface area contributed by atoms with Gasteiger partial charge in [0.2, 0.25) is 4.77 Å². The first kappa shape index (κ1) is 21.7. The van der Waals surface area contributed by atoms with E-state index in [1.54, 1.807) is 10.9 Å². The molecule has 0 saturated heterocycles. The minimum Gasteiger partial charge on any atom is -0.489 e. The van der Waals surface area contributed by atoms with Crippen LogP contribution in [0.25, 0.3) is 11.4 Å². The van der Waals surface area contributed by atoms with Crippen LogP contribution in [0.5, 0.6) is 5.75 Å². The fraction of sp³-hybridized carbons (Fsp3) is 0.192. The summed E-state index contributed by atoms with van der Waals surface area (Å²) in [6.45, 7) is 7.10. The standard InChI is InChI=1S/C26H26N4OS/c1-26(2,3)22-14-12-21(13-15-22)24-28-29-25(32)30(24)27-17-20-10-7-11-23(16-20)31-18-19-8-5-4-6-9-19/h4-17H,18H2,1-3H3,(H,29,32)/b27-17+. The Labute approximate surface area is 193 Å². The molecule has 5 nitrogen and oxygen atoms in total. The van der Waals surface area contributed by atoms with Gasteiger partial charge in [-0.05, 0) is 46.5 Å². The van der Waals surface area contributed by atoms with Crippen LogP contribution in [0.15, 0.2) is 84.0 Å². The number of benzene rings is 3. The molecule has 0 unspecified atom stereocenters. The molecule has 0 spiro atoms. The number of H-pyrrole nitrogens is 1. The van der Waals surface area contributed by atoms with Gasteiger partial charge in [0.25, 0.3) is 0 Å². The SMILES string of the molecule is CC(C)(C)c1ccc(-c2n[nH]c(=S)n2/N=C/c2cccc(OCc3ccccc3)c2)cc1. The lowest BCUT2D eigenvalue weighted by Crippen LogP contribution is -2.10. The van der Waals surface area contributed by atoms with Gasteiger partial charge in [-0.3, -0.25) is 0 Å². The topological polar surface area (TPSA) is 55.2 Å². The predicted molar refractivity (Wildman–Crippen MR) is 132 cm³/mol. The Morgan fingerprint density at radius 1 is 1.00 bits per heavy atom. The summed E-state index contributed by atoms with van der Waals surface area (Å²) >= 11 is 5.40. The third kappa shape index (κ3) is 5.21. The van der Waals surface area contributed by atoms with Gasteiger partial charge in [0.1, 0.15) is 12.4 Å². The third-order valence-electron chi connectivity index (χ3n) is 5.09. The van der Waals surface area contributed by atoms with E-state index in [1.165, 1.54) is 5.56 Å². The Bertz CT molecular complexity index is 1270. The van der Waals surface area contributed by atoms with Gasteiger partial charge in [-0.2, -0.15) is 14.9 Å². The fourth-order valence-corrected chi connectivity index (χ4v) is 3.43. The van der Waals surface area contributed by atoms with Crippen LogP contribution in [0.3, 0.4) is 0 Å². The number of ether oxygens (including phenoxy) is 1. The summed E-state index contributed by atoms with van der Waals surface area (Å²) in [6, 6.07) is 26.2. The van der Waals surface area contributed by atoms with E-state index in [-0.39, 0.29) is 5.41 Å². The van der Waals surface area contributed by atoms with Crippen LogP contribution in [0.2, 0.25) is 0 Å². The molecular formula is C26H26N4OS. The molecule has 32 heavy (non-hydrogen) atoms. The molecule has 0 fully saturated rings. The van der Waals surface area contributed by atoms with E-state index in [0.717, 1.165) is 22.4 Å². The summed E-state index contributed by atoms with van der Waals surface area (Å²) in [4.78, 5) is 0. The van der Waals surface area contributed by atoms with Gasteiger partial charge in [-0.25, -0.2) is 5.10 Å². The number of aromatic nitrogens is 3. The number of nitrogens with zero attached hydrogens (tertiary/aromatic N) is 3. The lowest BCUT2D eigenvalue weighted by Gasteiger charge is -2.18. The van der Waals surface area contributed by atoms with Crippen molar-refractivity contribution in [3.63, 3.8) is 0 Å². The predicted octanol–water partition coefficient (Wildman–Crippen LogP) is 6.37. The molecule has 0 amide bonds. The van der Waals surface area contributed by atoms with E-state index in [4.69, 9.17) is 17.0 Å². The van der Waals surface area contributed by atoms with Gasteiger partial charge in [-0.1, -0.05) is 87.5 Å². The minimum absolute atomic E-state index is 0.0923. The minimum atomic E-state index is 0.0923. The fourth-order valence-electron chi connectivity index (χ4n) is 3.25. The normalized spacial score (nSPS) is 11.7. The van der Waals surface area contributed by atoms with Crippen molar-refractivity contribution in [3.8, 4) is 17.1 Å². The molecule has 0 aliphatic heterocycles. The van der Waals surface area contributed by atoms with Crippen LogP contribution >= 0.6 is 12.2 Å². The third-order valence-corrected chi connectivity index (χ3v) is 5.35. The van der Waals surface area contributed by atoms with Crippen molar-refractivity contribution in [1.29, 1.82) is 0 Å². The molecule has 1 N–H and O–H groups in total. The second kappa shape index (κ2) is 9.32. The molecular weight excluding hydrogens is 416 g/mol. The highest BCUT2D eigenvalue weighted by molar-refractivity contribution is 7.71. The Hall–Kier alpha value is -3.51. The highest BCUT2D eigenvalue weighted by atomic mass is 32.1. The summed E-state index contributed by atoms with van der Waals surface area (Å²) in [5.41, 5.74) is 4.33. The molecule has 0 atom stereocenters. The molecule has 1 heterocycles. The number of aromatic amines is 1. The van der Waals surface area contributed by atoms with Gasteiger partial charge in [0.15, 0.2) is 5.82 Å². The summed E-state index contributed by atoms with van der Waals surface area (Å²) in [5, 5.41) is 11.8. The zero-order valence-corrected chi connectivity index (χ0v) is 19.3. The van der Waals surface area contributed by atoms with Gasteiger partial charge in [0, 0.05) is 5.56 Å². The first-order chi connectivity index (χ1) is 15.4. The van der Waals surface area contributed by atoms with Crippen LogP contribution in [0, 0.1) is 4.77 Å². The summed E-state index contributed by atoms with van der Waals surface area (Å²) in [5.74, 6) is 1.45. The van der Waals surface area contributed by atoms with E-state index in [1.807, 2.05) is 54.6 Å². The van der Waals surface area contributed by atoms with Crippen molar-refractivity contribution in [1.82, 2.24) is 14.9 Å². The molecule has 0 saturated carbocycles. The average molecular weight is 443 g/mol. The maximum Gasteiger partial charge on any atom is 0.216 e. The van der Waals surface area contributed by atoms with Crippen LogP contribution < -0.4 is 4.74 Å². The Morgan fingerprint density at radius 2 is 1.75 bits per heavy atom. The highest BCUT2D eigenvalue weighted by Crippen LogP contribution is 2.25. The quantitative estimate of drug-likeness (QED) is 0.279. The second-order valence-electron chi connectivity index (χ2n) is 8.58.